The number of allylic oxidation sites excluding steroid dienone is 1. The van der Waals surface area contributed by atoms with E-state index in [0.29, 0.717) is 60.4 Å². The molecule has 4 aliphatic rings. The van der Waals surface area contributed by atoms with Crippen LogP contribution in [0.1, 0.15) is 66.9 Å². The lowest BCUT2D eigenvalue weighted by atomic mass is 9.93. The molecule has 3 aromatic heterocycles. The number of ether oxygens (including phenoxy) is 2. The van der Waals surface area contributed by atoms with Gasteiger partial charge in [0, 0.05) is 42.8 Å². The van der Waals surface area contributed by atoms with Crippen LogP contribution in [0.5, 0.6) is 0 Å². The molecule has 0 amide bonds. The monoisotopic (exact) mass is 552 g/mol. The lowest BCUT2D eigenvalue weighted by Gasteiger charge is -2.37. The van der Waals surface area contributed by atoms with Crippen molar-refractivity contribution < 1.29 is 22.6 Å². The van der Waals surface area contributed by atoms with Gasteiger partial charge in [-0.15, -0.1) is 5.73 Å². The van der Waals surface area contributed by atoms with Crippen molar-refractivity contribution in [3.63, 3.8) is 0 Å². The lowest BCUT2D eigenvalue weighted by molar-refractivity contribution is -0.0934. The molecule has 2 aliphatic carbocycles. The van der Waals surface area contributed by atoms with Crippen molar-refractivity contribution in [1.29, 1.82) is 0 Å². The highest BCUT2D eigenvalue weighted by atomic mass is 19.4. The zero-order valence-electron chi connectivity index (χ0n) is 22.0. The molecule has 0 aromatic carbocycles. The molecule has 0 radical (unpaired) electrons. The molecular weight excluding hydrogens is 525 g/mol. The lowest BCUT2D eigenvalue weighted by Crippen LogP contribution is -2.44. The average Bonchev–Trinajstić information content (AvgIpc) is 3.67. The zero-order valence-corrected chi connectivity index (χ0v) is 22.0. The van der Waals surface area contributed by atoms with Crippen LogP contribution in [0.2, 0.25) is 0 Å². The van der Waals surface area contributed by atoms with Gasteiger partial charge in [-0.25, -0.2) is 15.0 Å². The van der Waals surface area contributed by atoms with Gasteiger partial charge in [0.1, 0.15) is 17.3 Å². The highest BCUT2D eigenvalue weighted by molar-refractivity contribution is 5.88. The summed E-state index contributed by atoms with van der Waals surface area (Å²) in [5.74, 6) is 0.433. The molecule has 40 heavy (non-hydrogen) atoms. The van der Waals surface area contributed by atoms with Gasteiger partial charge < -0.3 is 18.9 Å². The van der Waals surface area contributed by atoms with E-state index in [0.717, 1.165) is 24.1 Å². The molecule has 0 bridgehead atoms. The molecule has 3 fully saturated rings. The second-order valence-corrected chi connectivity index (χ2v) is 11.0. The molecule has 208 valence electrons. The molecule has 0 unspecified atom stereocenters. The van der Waals surface area contributed by atoms with Crippen LogP contribution in [0, 0.1) is 6.92 Å². The Morgan fingerprint density at radius 2 is 1.85 bits per heavy atom. The molecule has 5 heterocycles. The summed E-state index contributed by atoms with van der Waals surface area (Å²) in [6.45, 7) is 5.74. The van der Waals surface area contributed by atoms with Crippen LogP contribution < -0.4 is 10.5 Å². The van der Waals surface area contributed by atoms with E-state index in [2.05, 4.69) is 5.73 Å². The molecule has 0 spiro atoms. The number of morpholine rings is 1. The van der Waals surface area contributed by atoms with Crippen molar-refractivity contribution >= 4 is 22.7 Å². The van der Waals surface area contributed by atoms with Crippen molar-refractivity contribution in [3.05, 3.63) is 62.6 Å². The quantitative estimate of drug-likeness (QED) is 0.435. The smallest absolute Gasteiger partial charge is 0.380 e. The van der Waals surface area contributed by atoms with Crippen molar-refractivity contribution in [2.24, 2.45) is 0 Å². The number of anilines is 1. The van der Waals surface area contributed by atoms with Gasteiger partial charge in [0.2, 0.25) is 5.95 Å². The summed E-state index contributed by atoms with van der Waals surface area (Å²) < 4.78 is 53.2. The van der Waals surface area contributed by atoms with E-state index >= 15 is 0 Å². The summed E-state index contributed by atoms with van der Waals surface area (Å²) in [5, 5.41) is 0. The number of hydrogen-bond acceptors (Lipinski definition) is 8. The topological polar surface area (TPSA) is 95.3 Å². The van der Waals surface area contributed by atoms with Gasteiger partial charge in [0.15, 0.2) is 5.65 Å². The Balaban J connectivity index is 1.30. The van der Waals surface area contributed by atoms with Crippen LogP contribution in [0.15, 0.2) is 34.4 Å². The fourth-order valence-corrected chi connectivity index (χ4v) is 5.46. The standard InChI is InChI=1S/C28H27F3N6O3/c1-14-9-36(11-21(40-14)16-3-6-22(38)37(10-16)20-4-5-20)27-34-24(17-7-19(8-17)28(29,30)31)25-26(35-27)32-15(2)23(33-25)18-12-39-13-18/h3,6,10,14,18,20-21H,4-5,7,9,11-13H2,1-2H3/t14-,21-/m1/s1. The second-order valence-electron chi connectivity index (χ2n) is 11.0. The molecular formula is C28H27F3N6O3. The Bertz CT molecular complexity index is 1650. The van der Waals surface area contributed by atoms with Crippen LogP contribution in [0.4, 0.5) is 19.1 Å². The summed E-state index contributed by atoms with van der Waals surface area (Å²) in [6.07, 6.45) is -1.41. The maximum absolute atomic E-state index is 13.3. The molecule has 1 saturated carbocycles. The Morgan fingerprint density at radius 3 is 2.52 bits per heavy atom. The highest BCUT2D eigenvalue weighted by Gasteiger charge is 2.39. The molecule has 12 heteroatoms. The molecule has 2 saturated heterocycles. The van der Waals surface area contributed by atoms with Gasteiger partial charge >= 0.3 is 6.18 Å². The molecule has 0 N–H and O–H groups in total. The van der Waals surface area contributed by atoms with Gasteiger partial charge in [0.25, 0.3) is 5.56 Å². The van der Waals surface area contributed by atoms with Crippen molar-refractivity contribution in [2.75, 3.05) is 31.2 Å². The van der Waals surface area contributed by atoms with E-state index in [1.54, 1.807) is 16.7 Å². The predicted molar refractivity (Wildman–Crippen MR) is 139 cm³/mol. The maximum atomic E-state index is 13.3. The summed E-state index contributed by atoms with van der Waals surface area (Å²) >= 11 is 0. The van der Waals surface area contributed by atoms with Crippen LogP contribution in [-0.4, -0.2) is 63.1 Å². The van der Waals surface area contributed by atoms with E-state index in [1.807, 2.05) is 24.9 Å². The largest absolute Gasteiger partial charge is 0.420 e. The van der Waals surface area contributed by atoms with Gasteiger partial charge in [-0.2, -0.15) is 18.2 Å². The second kappa shape index (κ2) is 9.22. The van der Waals surface area contributed by atoms with E-state index in [1.165, 1.54) is 0 Å². The number of rotatable bonds is 5. The number of aromatic nitrogens is 5. The first kappa shape index (κ1) is 25.4. The number of fused-ring (bicyclic) bond motifs is 1. The third-order valence-electron chi connectivity index (χ3n) is 7.85. The molecule has 9 nitrogen and oxygen atoms in total. The van der Waals surface area contributed by atoms with Gasteiger partial charge in [-0.3, -0.25) is 4.79 Å². The van der Waals surface area contributed by atoms with E-state index in [9.17, 15) is 18.0 Å². The molecule has 7 rings (SSSR count). The first-order chi connectivity index (χ1) is 19.1. The van der Waals surface area contributed by atoms with Crippen LogP contribution in [0.25, 0.3) is 16.7 Å². The molecule has 3 aromatic rings. The van der Waals surface area contributed by atoms with Crippen molar-refractivity contribution in [3.8, 4) is 0 Å². The Morgan fingerprint density at radius 1 is 1.07 bits per heavy atom. The number of alkyl halides is 3. The average molecular weight is 553 g/mol. The third kappa shape index (κ3) is 4.49. The first-order valence-corrected chi connectivity index (χ1v) is 13.5. The Kier molecular flexibility index (Phi) is 5.85. The Hall–Kier alpha value is -3.60. The van der Waals surface area contributed by atoms with Crippen LogP contribution >= 0.6 is 0 Å². The van der Waals surface area contributed by atoms with Crippen LogP contribution in [0.3, 0.4) is 0 Å². The van der Waals surface area contributed by atoms with Crippen LogP contribution in [-0.2, 0) is 9.47 Å². The number of aryl methyl sites for hydroxylation is 1. The SMILES string of the molecule is Cc1nc2nc(N3C[C@@H](C)O[C@@H](c4ccc(=O)n(C5CC5)c4)C3)nc(C3=C=C(C(F)(F)F)C3)c2nc1C1COC1. The Labute approximate surface area is 227 Å². The zero-order chi connectivity index (χ0) is 27.8. The van der Waals surface area contributed by atoms with E-state index in [-0.39, 0.29) is 36.1 Å². The summed E-state index contributed by atoms with van der Waals surface area (Å²) in [4.78, 5) is 33.3. The van der Waals surface area contributed by atoms with Gasteiger partial charge in [0.05, 0.1) is 42.8 Å². The van der Waals surface area contributed by atoms with E-state index < -0.39 is 11.7 Å². The maximum Gasteiger partial charge on any atom is 0.420 e. The first-order valence-electron chi connectivity index (χ1n) is 13.5. The number of hydrogen-bond donors (Lipinski definition) is 0. The highest BCUT2D eigenvalue weighted by Crippen LogP contribution is 2.41. The summed E-state index contributed by atoms with van der Waals surface area (Å²) in [6, 6.07) is 3.60. The third-order valence-corrected chi connectivity index (χ3v) is 7.85. The fraction of sp³-hybridized carbons (Fsp3) is 0.500. The number of pyridine rings is 1. The van der Waals surface area contributed by atoms with Crippen molar-refractivity contribution in [2.45, 2.75) is 63.5 Å². The van der Waals surface area contributed by atoms with Gasteiger partial charge in [-0.1, -0.05) is 0 Å². The van der Waals surface area contributed by atoms with Crippen molar-refractivity contribution in [1.82, 2.24) is 24.5 Å². The normalized spacial score (nSPS) is 23.5. The van der Waals surface area contributed by atoms with E-state index in [4.69, 9.17) is 29.4 Å². The summed E-state index contributed by atoms with van der Waals surface area (Å²) in [5.41, 5.74) is 5.42. The minimum atomic E-state index is -4.43. The minimum absolute atomic E-state index is 0.0312. The van der Waals surface area contributed by atoms with Gasteiger partial charge in [-0.05, 0) is 38.3 Å². The molecule has 2 aliphatic heterocycles. The fourth-order valence-electron chi connectivity index (χ4n) is 5.46. The number of nitrogens with zero attached hydrogens (tertiary/aromatic N) is 6. The minimum Gasteiger partial charge on any atom is -0.380 e. The summed E-state index contributed by atoms with van der Waals surface area (Å²) in [7, 11) is 0. The predicted octanol–water partition coefficient (Wildman–Crippen LogP) is 4.18. The number of halogens is 3. The molecule has 2 atom stereocenters.